The van der Waals surface area contributed by atoms with Crippen LogP contribution in [0.1, 0.15) is 49.0 Å². The molecular formula is C20H27NO6. The number of nitrogens with one attached hydrogen (secondary N) is 1. The van der Waals surface area contributed by atoms with Crippen LogP contribution >= 0.6 is 0 Å². The molecule has 1 unspecified atom stereocenters. The summed E-state index contributed by atoms with van der Waals surface area (Å²) in [6, 6.07) is 6.20. The minimum atomic E-state index is -1.14. The number of hydrogen-bond donors (Lipinski definition) is 1. The lowest BCUT2D eigenvalue weighted by Gasteiger charge is -2.15. The number of benzene rings is 1. The average molecular weight is 377 g/mol. The van der Waals surface area contributed by atoms with E-state index in [9.17, 15) is 19.2 Å². The summed E-state index contributed by atoms with van der Waals surface area (Å²) in [6.45, 7) is 4.25. The van der Waals surface area contributed by atoms with Crippen molar-refractivity contribution in [1.29, 1.82) is 0 Å². The van der Waals surface area contributed by atoms with E-state index in [-0.39, 0.29) is 25.0 Å². The van der Waals surface area contributed by atoms with Crippen molar-refractivity contribution in [2.45, 2.75) is 45.6 Å². The van der Waals surface area contributed by atoms with Crippen molar-refractivity contribution >= 4 is 23.6 Å². The molecule has 0 spiro atoms. The molecular weight excluding hydrogens is 350 g/mol. The first kappa shape index (κ1) is 22.3. The van der Waals surface area contributed by atoms with Crippen molar-refractivity contribution in [2.24, 2.45) is 5.92 Å². The summed E-state index contributed by atoms with van der Waals surface area (Å²) in [7, 11) is 2.34. The average Bonchev–Trinajstić information content (AvgIpc) is 2.64. The highest BCUT2D eigenvalue weighted by atomic mass is 16.5. The molecule has 0 aliphatic carbocycles. The number of ether oxygens (including phenoxy) is 2. The van der Waals surface area contributed by atoms with E-state index in [0.29, 0.717) is 11.5 Å². The molecule has 0 aliphatic heterocycles. The van der Waals surface area contributed by atoms with E-state index >= 15 is 0 Å². The van der Waals surface area contributed by atoms with Gasteiger partial charge >= 0.3 is 11.9 Å². The smallest absolute Gasteiger partial charge is 0.328 e. The molecule has 0 bridgehead atoms. The number of methoxy groups -OCH3 is 2. The van der Waals surface area contributed by atoms with E-state index in [0.717, 1.165) is 19.1 Å². The maximum Gasteiger partial charge on any atom is 0.328 e. The quantitative estimate of drug-likeness (QED) is 0.495. The minimum Gasteiger partial charge on any atom is -0.469 e. The summed E-state index contributed by atoms with van der Waals surface area (Å²) in [5, 5.41) is 2.40. The molecule has 1 N–H and O–H groups in total. The van der Waals surface area contributed by atoms with Crippen molar-refractivity contribution in [3.63, 3.8) is 0 Å². The second kappa shape index (κ2) is 11.1. The third-order valence-corrected chi connectivity index (χ3v) is 3.92. The molecule has 0 aliphatic rings. The van der Waals surface area contributed by atoms with Crippen LogP contribution in [-0.2, 0) is 30.3 Å². The van der Waals surface area contributed by atoms with Gasteiger partial charge in [-0.2, -0.15) is 0 Å². The van der Waals surface area contributed by atoms with Gasteiger partial charge in [0.2, 0.25) is 5.91 Å². The third kappa shape index (κ3) is 8.02. The molecule has 1 amide bonds. The molecule has 148 valence electrons. The number of amides is 1. The fraction of sp³-hybridized carbons (Fsp3) is 0.500. The van der Waals surface area contributed by atoms with Crippen LogP contribution in [0.2, 0.25) is 0 Å². The van der Waals surface area contributed by atoms with Crippen LogP contribution in [0.4, 0.5) is 0 Å². The standard InChI is InChI=1S/C20H27NO6/c1-13(2)11-14-5-7-15(8-6-14)17(22)9-10-18(23)21-16(20(25)27-4)12-19(24)26-3/h5-8,13,16H,9-12H2,1-4H3,(H,21,23). The molecule has 0 fully saturated rings. The zero-order chi connectivity index (χ0) is 20.4. The fourth-order valence-electron chi connectivity index (χ4n) is 2.52. The Morgan fingerprint density at radius 1 is 0.963 bits per heavy atom. The van der Waals surface area contributed by atoms with Crippen LogP contribution in [0.15, 0.2) is 24.3 Å². The summed E-state index contributed by atoms with van der Waals surface area (Å²) in [5.41, 5.74) is 1.69. The van der Waals surface area contributed by atoms with E-state index in [2.05, 4.69) is 28.6 Å². The highest BCUT2D eigenvalue weighted by Crippen LogP contribution is 2.12. The molecule has 0 saturated heterocycles. The SMILES string of the molecule is COC(=O)CC(NC(=O)CCC(=O)c1ccc(CC(C)C)cc1)C(=O)OC. The molecule has 0 aromatic heterocycles. The van der Waals surface area contributed by atoms with Gasteiger partial charge in [0, 0.05) is 18.4 Å². The third-order valence-electron chi connectivity index (χ3n) is 3.92. The number of Topliss-reactive ketones (excluding diaryl/α,β-unsaturated/α-hetero) is 1. The first-order valence-corrected chi connectivity index (χ1v) is 8.83. The number of hydrogen-bond acceptors (Lipinski definition) is 6. The maximum absolute atomic E-state index is 12.2. The summed E-state index contributed by atoms with van der Waals surface area (Å²) < 4.78 is 9.06. The molecule has 1 atom stereocenters. The van der Waals surface area contributed by atoms with Crippen molar-refractivity contribution in [3.05, 3.63) is 35.4 Å². The number of rotatable bonds is 10. The molecule has 0 radical (unpaired) electrons. The van der Waals surface area contributed by atoms with E-state index in [1.54, 1.807) is 12.1 Å². The van der Waals surface area contributed by atoms with Crippen molar-refractivity contribution < 1.29 is 28.7 Å². The molecule has 1 aromatic carbocycles. The monoisotopic (exact) mass is 377 g/mol. The number of ketones is 1. The molecule has 7 nitrogen and oxygen atoms in total. The van der Waals surface area contributed by atoms with Gasteiger partial charge in [0.25, 0.3) is 0 Å². The van der Waals surface area contributed by atoms with Gasteiger partial charge in [0.05, 0.1) is 20.6 Å². The van der Waals surface area contributed by atoms with Crippen molar-refractivity contribution in [1.82, 2.24) is 5.32 Å². The van der Waals surface area contributed by atoms with E-state index < -0.39 is 23.9 Å². The zero-order valence-electron chi connectivity index (χ0n) is 16.2. The predicted octanol–water partition coefficient (Wildman–Crippen LogP) is 2.07. The fourth-order valence-corrected chi connectivity index (χ4v) is 2.52. The molecule has 1 aromatic rings. The largest absolute Gasteiger partial charge is 0.469 e. The van der Waals surface area contributed by atoms with Crippen molar-refractivity contribution in [3.8, 4) is 0 Å². The van der Waals surface area contributed by atoms with Crippen LogP contribution in [-0.4, -0.2) is 43.9 Å². The lowest BCUT2D eigenvalue weighted by atomic mass is 9.99. The Labute approximate surface area is 159 Å². The van der Waals surface area contributed by atoms with Gasteiger partial charge in [-0.15, -0.1) is 0 Å². The van der Waals surface area contributed by atoms with Gasteiger partial charge in [-0.25, -0.2) is 4.79 Å². The zero-order valence-corrected chi connectivity index (χ0v) is 16.2. The number of carbonyl (C=O) groups excluding carboxylic acids is 4. The van der Waals surface area contributed by atoms with E-state index in [4.69, 9.17) is 0 Å². The Balaban J connectivity index is 2.57. The minimum absolute atomic E-state index is 0.00147. The van der Waals surface area contributed by atoms with Crippen LogP contribution in [0.3, 0.4) is 0 Å². The van der Waals surface area contributed by atoms with Gasteiger partial charge in [0.1, 0.15) is 6.04 Å². The van der Waals surface area contributed by atoms with Crippen LogP contribution in [0.25, 0.3) is 0 Å². The first-order valence-electron chi connectivity index (χ1n) is 8.83. The number of carbonyl (C=O) groups is 4. The highest BCUT2D eigenvalue weighted by Gasteiger charge is 2.25. The Kier molecular flexibility index (Phi) is 9.19. The van der Waals surface area contributed by atoms with E-state index in [1.807, 2.05) is 12.1 Å². The Morgan fingerprint density at radius 3 is 2.11 bits per heavy atom. The Hall–Kier alpha value is -2.70. The summed E-state index contributed by atoms with van der Waals surface area (Å²) in [6.07, 6.45) is 0.509. The van der Waals surface area contributed by atoms with Gasteiger partial charge < -0.3 is 14.8 Å². The second-order valence-electron chi connectivity index (χ2n) is 6.64. The second-order valence-corrected chi connectivity index (χ2v) is 6.64. The van der Waals surface area contributed by atoms with Crippen LogP contribution in [0, 0.1) is 5.92 Å². The maximum atomic E-state index is 12.2. The molecule has 1 rings (SSSR count). The molecule has 27 heavy (non-hydrogen) atoms. The molecule has 7 heteroatoms. The summed E-state index contributed by atoms with van der Waals surface area (Å²) >= 11 is 0. The van der Waals surface area contributed by atoms with Gasteiger partial charge in [0.15, 0.2) is 5.78 Å². The van der Waals surface area contributed by atoms with Crippen LogP contribution in [0.5, 0.6) is 0 Å². The normalized spacial score (nSPS) is 11.6. The van der Waals surface area contributed by atoms with E-state index in [1.165, 1.54) is 7.11 Å². The Bertz CT molecular complexity index is 666. The highest BCUT2D eigenvalue weighted by molar-refractivity contribution is 5.98. The summed E-state index contributed by atoms with van der Waals surface area (Å²) in [4.78, 5) is 47.3. The first-order chi connectivity index (χ1) is 12.8. The molecule has 0 saturated carbocycles. The number of esters is 2. The predicted molar refractivity (Wildman–Crippen MR) is 99.1 cm³/mol. The lowest BCUT2D eigenvalue weighted by molar-refractivity contribution is -0.150. The van der Waals surface area contributed by atoms with Crippen molar-refractivity contribution in [2.75, 3.05) is 14.2 Å². The lowest BCUT2D eigenvalue weighted by Crippen LogP contribution is -2.43. The molecule has 0 heterocycles. The van der Waals surface area contributed by atoms with Crippen LogP contribution < -0.4 is 5.32 Å². The van der Waals surface area contributed by atoms with Gasteiger partial charge in [-0.3, -0.25) is 14.4 Å². The topological polar surface area (TPSA) is 98.8 Å². The summed E-state index contributed by atoms with van der Waals surface area (Å²) in [5.74, 6) is -1.55. The van der Waals surface area contributed by atoms with Gasteiger partial charge in [-0.05, 0) is 17.9 Å². The Morgan fingerprint density at radius 2 is 1.59 bits per heavy atom. The van der Waals surface area contributed by atoms with Gasteiger partial charge in [-0.1, -0.05) is 38.1 Å².